The van der Waals surface area contributed by atoms with Gasteiger partial charge in [0.05, 0.1) is 19.2 Å². The summed E-state index contributed by atoms with van der Waals surface area (Å²) in [6.45, 7) is 2.62. The Kier molecular flexibility index (Phi) is 7.38. The SMILES string of the molecule is CNCC(=O)N(Cc1cccs1)CC1CCCO1.Cl. The molecular weight excluding hydrogens is 284 g/mol. The van der Waals surface area contributed by atoms with Crippen LogP contribution in [0.4, 0.5) is 0 Å². The lowest BCUT2D eigenvalue weighted by Crippen LogP contribution is -2.40. The Balaban J connectivity index is 0.00000180. The van der Waals surface area contributed by atoms with Crippen molar-refractivity contribution in [3.05, 3.63) is 22.4 Å². The Morgan fingerprint density at radius 1 is 1.63 bits per heavy atom. The number of amides is 1. The second kappa shape index (κ2) is 8.53. The lowest BCUT2D eigenvalue weighted by atomic mass is 10.2. The zero-order chi connectivity index (χ0) is 12.8. The molecule has 1 amide bonds. The Hall–Kier alpha value is -0.620. The smallest absolute Gasteiger partial charge is 0.236 e. The van der Waals surface area contributed by atoms with Gasteiger partial charge in [0.2, 0.25) is 5.91 Å². The predicted octanol–water partition coefficient (Wildman–Crippen LogP) is 1.90. The molecule has 0 aromatic carbocycles. The van der Waals surface area contributed by atoms with E-state index in [2.05, 4.69) is 11.4 Å². The van der Waals surface area contributed by atoms with E-state index in [1.54, 1.807) is 18.4 Å². The fraction of sp³-hybridized carbons (Fsp3) is 0.615. The fourth-order valence-corrected chi connectivity index (χ4v) is 2.86. The highest BCUT2D eigenvalue weighted by atomic mass is 35.5. The van der Waals surface area contributed by atoms with Crippen molar-refractivity contribution in [1.29, 1.82) is 0 Å². The van der Waals surface area contributed by atoms with Gasteiger partial charge in [-0.2, -0.15) is 0 Å². The third kappa shape index (κ3) is 5.10. The van der Waals surface area contributed by atoms with Crippen LogP contribution in [0.1, 0.15) is 17.7 Å². The molecule has 19 heavy (non-hydrogen) atoms. The summed E-state index contributed by atoms with van der Waals surface area (Å²) in [5.74, 6) is 0.140. The first-order valence-corrected chi connectivity index (χ1v) is 7.24. The third-order valence-electron chi connectivity index (χ3n) is 3.06. The van der Waals surface area contributed by atoms with Crippen LogP contribution < -0.4 is 5.32 Å². The van der Waals surface area contributed by atoms with E-state index < -0.39 is 0 Å². The molecule has 6 heteroatoms. The van der Waals surface area contributed by atoms with Crippen molar-refractivity contribution in [3.63, 3.8) is 0 Å². The molecule has 0 bridgehead atoms. The molecule has 1 saturated heterocycles. The van der Waals surface area contributed by atoms with Gasteiger partial charge in [-0.3, -0.25) is 4.79 Å². The molecule has 1 aromatic heterocycles. The van der Waals surface area contributed by atoms with Crippen molar-refractivity contribution >= 4 is 29.7 Å². The Bertz CT molecular complexity index is 367. The average Bonchev–Trinajstić information content (AvgIpc) is 3.01. The molecule has 4 nitrogen and oxygen atoms in total. The predicted molar refractivity (Wildman–Crippen MR) is 79.9 cm³/mol. The van der Waals surface area contributed by atoms with Crippen LogP contribution in [0.3, 0.4) is 0 Å². The van der Waals surface area contributed by atoms with Crippen molar-refractivity contribution in [2.75, 3.05) is 26.7 Å². The van der Waals surface area contributed by atoms with Gasteiger partial charge in [-0.25, -0.2) is 0 Å². The molecule has 0 aliphatic carbocycles. The molecule has 1 aromatic rings. The van der Waals surface area contributed by atoms with Gasteiger partial charge in [-0.15, -0.1) is 23.7 Å². The molecule has 1 N–H and O–H groups in total. The number of nitrogens with zero attached hydrogens (tertiary/aromatic N) is 1. The molecule has 1 atom stereocenters. The fourth-order valence-electron chi connectivity index (χ4n) is 2.14. The molecule has 2 heterocycles. The zero-order valence-corrected chi connectivity index (χ0v) is 12.8. The maximum absolute atomic E-state index is 12.1. The van der Waals surface area contributed by atoms with E-state index in [9.17, 15) is 4.79 Å². The van der Waals surface area contributed by atoms with E-state index in [-0.39, 0.29) is 24.4 Å². The van der Waals surface area contributed by atoms with Gasteiger partial charge in [0.25, 0.3) is 0 Å². The first-order valence-electron chi connectivity index (χ1n) is 6.36. The Morgan fingerprint density at radius 2 is 2.47 bits per heavy atom. The number of thiophene rings is 1. The van der Waals surface area contributed by atoms with Crippen LogP contribution in [0.2, 0.25) is 0 Å². The summed E-state index contributed by atoms with van der Waals surface area (Å²) in [6.07, 6.45) is 2.39. The molecule has 1 aliphatic rings. The normalized spacial score (nSPS) is 18.1. The highest BCUT2D eigenvalue weighted by Crippen LogP contribution is 2.17. The van der Waals surface area contributed by atoms with Gasteiger partial charge in [0.1, 0.15) is 0 Å². The first kappa shape index (κ1) is 16.4. The molecular formula is C13H21ClN2O2S. The van der Waals surface area contributed by atoms with Crippen LogP contribution in [-0.2, 0) is 16.1 Å². The van der Waals surface area contributed by atoms with Gasteiger partial charge in [-0.1, -0.05) is 6.07 Å². The molecule has 1 unspecified atom stereocenters. The summed E-state index contributed by atoms with van der Waals surface area (Å²) < 4.78 is 5.62. The highest BCUT2D eigenvalue weighted by Gasteiger charge is 2.22. The van der Waals surface area contributed by atoms with Crippen LogP contribution in [0.5, 0.6) is 0 Å². The summed E-state index contributed by atoms with van der Waals surface area (Å²) in [6, 6.07) is 4.09. The number of carbonyl (C=O) groups is 1. The van der Waals surface area contributed by atoms with E-state index in [1.165, 1.54) is 4.88 Å². The molecule has 108 valence electrons. The van der Waals surface area contributed by atoms with E-state index in [1.807, 2.05) is 16.3 Å². The number of rotatable bonds is 6. The molecule has 1 fully saturated rings. The van der Waals surface area contributed by atoms with Crippen molar-refractivity contribution in [3.8, 4) is 0 Å². The minimum absolute atomic E-state index is 0. The number of carbonyl (C=O) groups excluding carboxylic acids is 1. The summed E-state index contributed by atoms with van der Waals surface area (Å²) >= 11 is 1.69. The van der Waals surface area contributed by atoms with E-state index in [0.717, 1.165) is 19.4 Å². The van der Waals surface area contributed by atoms with Crippen LogP contribution in [0.25, 0.3) is 0 Å². The van der Waals surface area contributed by atoms with Crippen LogP contribution >= 0.6 is 23.7 Å². The maximum Gasteiger partial charge on any atom is 0.236 e. The highest BCUT2D eigenvalue weighted by molar-refractivity contribution is 7.09. The van der Waals surface area contributed by atoms with E-state index >= 15 is 0 Å². The summed E-state index contributed by atoms with van der Waals surface area (Å²) in [5, 5.41) is 4.97. The third-order valence-corrected chi connectivity index (χ3v) is 3.92. The number of halogens is 1. The molecule has 0 saturated carbocycles. The van der Waals surface area contributed by atoms with Crippen LogP contribution in [0.15, 0.2) is 17.5 Å². The van der Waals surface area contributed by atoms with Crippen molar-refractivity contribution in [2.45, 2.75) is 25.5 Å². The van der Waals surface area contributed by atoms with Gasteiger partial charge in [0, 0.05) is 18.0 Å². The Labute approximate surface area is 124 Å². The summed E-state index contributed by atoms with van der Waals surface area (Å²) in [7, 11) is 1.80. The Morgan fingerprint density at radius 3 is 3.05 bits per heavy atom. The molecule has 2 rings (SSSR count). The minimum atomic E-state index is 0. The lowest BCUT2D eigenvalue weighted by molar-refractivity contribution is -0.132. The first-order chi connectivity index (χ1) is 8.79. The quantitative estimate of drug-likeness (QED) is 0.873. The maximum atomic E-state index is 12.1. The minimum Gasteiger partial charge on any atom is -0.376 e. The monoisotopic (exact) mass is 304 g/mol. The molecule has 0 radical (unpaired) electrons. The number of ether oxygens (including phenoxy) is 1. The summed E-state index contributed by atoms with van der Waals surface area (Å²) in [5.41, 5.74) is 0. The number of nitrogens with one attached hydrogen (secondary N) is 1. The van der Waals surface area contributed by atoms with E-state index in [0.29, 0.717) is 19.6 Å². The van der Waals surface area contributed by atoms with E-state index in [4.69, 9.17) is 4.74 Å². The van der Waals surface area contributed by atoms with Gasteiger partial charge >= 0.3 is 0 Å². The van der Waals surface area contributed by atoms with Crippen molar-refractivity contribution in [1.82, 2.24) is 10.2 Å². The van der Waals surface area contributed by atoms with Gasteiger partial charge in [-0.05, 0) is 31.3 Å². The topological polar surface area (TPSA) is 41.6 Å². The van der Waals surface area contributed by atoms with Crippen LogP contribution in [-0.4, -0.2) is 43.7 Å². The molecule has 1 aliphatic heterocycles. The second-order valence-corrected chi connectivity index (χ2v) is 5.55. The molecule has 0 spiro atoms. The zero-order valence-electron chi connectivity index (χ0n) is 11.1. The lowest BCUT2D eigenvalue weighted by Gasteiger charge is -2.25. The number of likely N-dealkylation sites (N-methyl/N-ethyl adjacent to an activating group) is 1. The van der Waals surface area contributed by atoms with Crippen molar-refractivity contribution < 1.29 is 9.53 Å². The average molecular weight is 305 g/mol. The second-order valence-electron chi connectivity index (χ2n) is 4.52. The number of hydrogen-bond acceptors (Lipinski definition) is 4. The summed E-state index contributed by atoms with van der Waals surface area (Å²) in [4.78, 5) is 15.2. The largest absolute Gasteiger partial charge is 0.376 e. The van der Waals surface area contributed by atoms with Crippen LogP contribution in [0, 0.1) is 0 Å². The van der Waals surface area contributed by atoms with Gasteiger partial charge in [0.15, 0.2) is 0 Å². The standard InChI is InChI=1S/C13H20N2O2S.ClH/c1-14-8-13(16)15(9-11-4-2-6-17-11)10-12-5-3-7-18-12;/h3,5,7,11,14H,2,4,6,8-10H2,1H3;1H. The van der Waals surface area contributed by atoms with Gasteiger partial charge < -0.3 is 15.0 Å². The van der Waals surface area contributed by atoms with Crippen molar-refractivity contribution in [2.24, 2.45) is 0 Å². The number of hydrogen-bond donors (Lipinski definition) is 1.